The molecule has 0 unspecified atom stereocenters. The Hall–Kier alpha value is -2.48. The number of anilines is 2. The van der Waals surface area contributed by atoms with Crippen LogP contribution in [-0.4, -0.2) is 21.6 Å². The van der Waals surface area contributed by atoms with E-state index in [-0.39, 0.29) is 5.71 Å². The summed E-state index contributed by atoms with van der Waals surface area (Å²) in [6.45, 7) is 1.76. The van der Waals surface area contributed by atoms with Crippen molar-refractivity contribution in [2.75, 3.05) is 11.1 Å². The van der Waals surface area contributed by atoms with E-state index < -0.39 is 5.91 Å². The number of nitrogen functional groups attached to an aromatic ring is 1. The van der Waals surface area contributed by atoms with Gasteiger partial charge in [-0.1, -0.05) is 0 Å². The average molecular weight is 349 g/mol. The maximum Gasteiger partial charge on any atom is 0.278 e. The van der Waals surface area contributed by atoms with E-state index in [4.69, 9.17) is 11.6 Å². The number of halogens is 1. The number of rotatable bonds is 3. The average Bonchev–Trinajstić information content (AvgIpc) is 2.46. The summed E-state index contributed by atoms with van der Waals surface area (Å²) in [5, 5.41) is 6.18. The molecule has 0 aromatic carbocycles. The van der Waals surface area contributed by atoms with Gasteiger partial charge in [-0.3, -0.25) is 14.8 Å². The maximum atomic E-state index is 12.3. The predicted octanol–water partition coefficient (Wildman–Crippen LogP) is 1.43. The van der Waals surface area contributed by atoms with E-state index >= 15 is 0 Å². The van der Waals surface area contributed by atoms with Gasteiger partial charge in [-0.15, -0.1) is 0 Å². The monoisotopic (exact) mass is 348 g/mol. The van der Waals surface area contributed by atoms with Gasteiger partial charge in [0.15, 0.2) is 5.71 Å². The summed E-state index contributed by atoms with van der Waals surface area (Å²) in [7, 11) is 0. The Labute approximate surface area is 129 Å². The summed E-state index contributed by atoms with van der Waals surface area (Å²) in [6.07, 6.45) is 3.07. The van der Waals surface area contributed by atoms with E-state index in [9.17, 15) is 4.79 Å². The number of aryl methyl sites for hydroxylation is 1. The number of amides is 1. The van der Waals surface area contributed by atoms with Crippen molar-refractivity contribution in [2.24, 2.45) is 10.9 Å². The lowest BCUT2D eigenvalue weighted by atomic mass is 10.2. The molecule has 0 bridgehead atoms. The molecule has 0 atom stereocenters. The summed E-state index contributed by atoms with van der Waals surface area (Å²) in [6, 6.07) is 5.00. The van der Waals surface area contributed by atoms with E-state index in [2.05, 4.69) is 36.3 Å². The number of pyridine rings is 2. The zero-order chi connectivity index (χ0) is 15.4. The lowest BCUT2D eigenvalue weighted by Crippen LogP contribution is -2.26. The highest BCUT2D eigenvalue weighted by molar-refractivity contribution is 9.10. The van der Waals surface area contributed by atoms with Crippen molar-refractivity contribution in [3.63, 3.8) is 0 Å². The molecule has 0 saturated carbocycles. The number of nitrogens with two attached hydrogens (primary N) is 2. The molecule has 7 nitrogen and oxygen atoms in total. The van der Waals surface area contributed by atoms with Crippen LogP contribution in [0.2, 0.25) is 0 Å². The molecule has 0 aliphatic heterocycles. The van der Waals surface area contributed by atoms with Crippen LogP contribution in [0.4, 0.5) is 11.4 Å². The molecule has 0 radical (unpaired) electrons. The van der Waals surface area contributed by atoms with Crippen molar-refractivity contribution < 1.29 is 4.79 Å². The van der Waals surface area contributed by atoms with Crippen molar-refractivity contribution >= 4 is 38.9 Å². The van der Waals surface area contributed by atoms with E-state index in [0.29, 0.717) is 22.8 Å². The van der Waals surface area contributed by atoms with Gasteiger partial charge in [-0.2, -0.15) is 5.10 Å². The Bertz CT molecular complexity index is 698. The molecule has 1 amide bonds. The number of carbonyl (C=O) groups excluding carboxylic acids is 1. The van der Waals surface area contributed by atoms with Crippen molar-refractivity contribution in [1.82, 2.24) is 9.97 Å². The van der Waals surface area contributed by atoms with Crippen LogP contribution < -0.4 is 16.9 Å². The quantitative estimate of drug-likeness (QED) is 0.440. The van der Waals surface area contributed by atoms with Crippen LogP contribution in [0.5, 0.6) is 0 Å². The molecule has 2 heterocycles. The molecule has 0 saturated heterocycles. The van der Waals surface area contributed by atoms with Crippen molar-refractivity contribution in [2.45, 2.75) is 6.92 Å². The van der Waals surface area contributed by atoms with Crippen LogP contribution in [0.1, 0.15) is 11.4 Å². The number of nitrogens with zero attached hydrogens (tertiary/aromatic N) is 3. The van der Waals surface area contributed by atoms with Crippen molar-refractivity contribution in [3.05, 3.63) is 46.5 Å². The van der Waals surface area contributed by atoms with E-state index in [1.54, 1.807) is 31.3 Å². The molecule has 2 rings (SSSR count). The van der Waals surface area contributed by atoms with Gasteiger partial charge in [0.2, 0.25) is 0 Å². The Morgan fingerprint density at radius 3 is 2.71 bits per heavy atom. The molecule has 0 aliphatic rings. The van der Waals surface area contributed by atoms with Gasteiger partial charge in [0.1, 0.15) is 0 Å². The first kappa shape index (κ1) is 14.9. The van der Waals surface area contributed by atoms with Crippen LogP contribution in [-0.2, 0) is 4.79 Å². The third kappa shape index (κ3) is 3.54. The molecule has 2 aromatic heterocycles. The Morgan fingerprint density at radius 1 is 1.33 bits per heavy atom. The third-order valence-electron chi connectivity index (χ3n) is 2.67. The molecule has 0 spiro atoms. The molecule has 108 valence electrons. The fourth-order valence-corrected chi connectivity index (χ4v) is 1.85. The summed E-state index contributed by atoms with van der Waals surface area (Å²) < 4.78 is 0.791. The number of aromatic nitrogens is 2. The summed E-state index contributed by atoms with van der Waals surface area (Å²) in [5.41, 5.74) is 7.62. The van der Waals surface area contributed by atoms with Gasteiger partial charge in [0, 0.05) is 10.7 Å². The number of hydrazone groups is 1. The second-order valence-corrected chi connectivity index (χ2v) is 5.11. The first-order valence-electron chi connectivity index (χ1n) is 5.94. The predicted molar refractivity (Wildman–Crippen MR) is 84.7 cm³/mol. The van der Waals surface area contributed by atoms with E-state index in [0.717, 1.165) is 4.47 Å². The fourth-order valence-electron chi connectivity index (χ4n) is 1.61. The molecule has 2 aromatic rings. The van der Waals surface area contributed by atoms with Crippen molar-refractivity contribution in [3.8, 4) is 0 Å². The first-order valence-corrected chi connectivity index (χ1v) is 6.74. The normalized spacial score (nSPS) is 11.2. The van der Waals surface area contributed by atoms with Crippen LogP contribution in [0.15, 0.2) is 40.2 Å². The second-order valence-electron chi connectivity index (χ2n) is 4.20. The lowest BCUT2D eigenvalue weighted by molar-refractivity contribution is -0.110. The highest BCUT2D eigenvalue weighted by Crippen LogP contribution is 2.16. The molecule has 8 heteroatoms. The van der Waals surface area contributed by atoms with Crippen LogP contribution in [0.25, 0.3) is 0 Å². The van der Waals surface area contributed by atoms with Gasteiger partial charge in [0.25, 0.3) is 5.91 Å². The van der Waals surface area contributed by atoms with Gasteiger partial charge in [0.05, 0.1) is 29.0 Å². The molecule has 0 fully saturated rings. The summed E-state index contributed by atoms with van der Waals surface area (Å²) in [5.74, 6) is 4.82. The Balaban J connectivity index is 2.25. The zero-order valence-corrected chi connectivity index (χ0v) is 12.8. The van der Waals surface area contributed by atoms with Crippen molar-refractivity contribution in [1.29, 1.82) is 0 Å². The minimum atomic E-state index is -0.483. The molecular weight excluding hydrogens is 336 g/mol. The topological polar surface area (TPSA) is 119 Å². The maximum absolute atomic E-state index is 12.3. The smallest absolute Gasteiger partial charge is 0.278 e. The number of hydrogen-bond donors (Lipinski definition) is 3. The molecule has 0 aliphatic carbocycles. The first-order chi connectivity index (χ1) is 10.0. The molecular formula is C13H13BrN6O. The minimum absolute atomic E-state index is 0.0179. The van der Waals surface area contributed by atoms with Crippen LogP contribution in [0.3, 0.4) is 0 Å². The lowest BCUT2D eigenvalue weighted by Gasteiger charge is -2.09. The number of carbonyl (C=O) groups is 1. The highest BCUT2D eigenvalue weighted by Gasteiger charge is 2.16. The molecule has 21 heavy (non-hydrogen) atoms. The number of nitrogens with one attached hydrogen (secondary N) is 1. The van der Waals surface area contributed by atoms with Crippen LogP contribution >= 0.6 is 15.9 Å². The summed E-state index contributed by atoms with van der Waals surface area (Å²) in [4.78, 5) is 20.4. The fraction of sp³-hybridized carbons (Fsp3) is 0.0769. The second kappa shape index (κ2) is 6.31. The van der Waals surface area contributed by atoms with Gasteiger partial charge in [-0.25, -0.2) is 0 Å². The highest BCUT2D eigenvalue weighted by atomic mass is 79.9. The Morgan fingerprint density at radius 2 is 2.10 bits per heavy atom. The van der Waals surface area contributed by atoms with Crippen LogP contribution in [0, 0.1) is 6.92 Å². The third-order valence-corrected chi connectivity index (χ3v) is 3.14. The standard InChI is InChI=1S/C13H13BrN6O/c1-7-11(4-9(15)6-17-7)19-13(21)12(20-16)10-3-2-8(14)5-18-10/h2-6H,15-16H2,1H3,(H,19,21)/b20-12+. The SMILES string of the molecule is Cc1ncc(N)cc1NC(=O)/C(=N/N)c1ccc(Br)cn1. The van der Waals surface area contributed by atoms with Gasteiger partial charge < -0.3 is 16.9 Å². The van der Waals surface area contributed by atoms with E-state index in [1.807, 2.05) is 0 Å². The van der Waals surface area contributed by atoms with Gasteiger partial charge in [-0.05, 0) is 41.1 Å². The van der Waals surface area contributed by atoms with E-state index in [1.165, 1.54) is 6.20 Å². The minimum Gasteiger partial charge on any atom is -0.397 e. The Kier molecular flexibility index (Phi) is 4.49. The largest absolute Gasteiger partial charge is 0.397 e. The van der Waals surface area contributed by atoms with Gasteiger partial charge >= 0.3 is 0 Å². The zero-order valence-electron chi connectivity index (χ0n) is 11.2. The number of hydrogen-bond acceptors (Lipinski definition) is 6. The molecule has 5 N–H and O–H groups in total. The summed E-state index contributed by atoms with van der Waals surface area (Å²) >= 11 is 3.27.